The fraction of sp³-hybridized carbons (Fsp3) is 0.375. The predicted molar refractivity (Wildman–Crippen MR) is 93.0 cm³/mol. The van der Waals surface area contributed by atoms with Gasteiger partial charge in [0.15, 0.2) is 5.16 Å². The maximum atomic E-state index is 12.2. The molecule has 0 saturated carbocycles. The molecule has 0 radical (unpaired) electrons. The monoisotopic (exact) mass is 361 g/mol. The number of carbonyl (C=O) groups excluding carboxylic acids is 2. The van der Waals surface area contributed by atoms with E-state index in [2.05, 4.69) is 15.5 Å². The first-order valence-electron chi connectivity index (χ1n) is 7.74. The van der Waals surface area contributed by atoms with Crippen LogP contribution >= 0.6 is 11.8 Å². The average Bonchev–Trinajstić information content (AvgIpc) is 3.12. The summed E-state index contributed by atoms with van der Waals surface area (Å²) in [5.41, 5.74) is 0.0329. The lowest BCUT2D eigenvalue weighted by Gasteiger charge is -2.15. The van der Waals surface area contributed by atoms with Crippen molar-refractivity contribution in [2.24, 2.45) is 0 Å². The Morgan fingerprint density at radius 1 is 1.32 bits per heavy atom. The first-order chi connectivity index (χ1) is 11.9. The second-order valence-corrected chi connectivity index (χ2v) is 7.11. The Morgan fingerprint density at radius 3 is 2.80 bits per heavy atom. The van der Waals surface area contributed by atoms with Gasteiger partial charge < -0.3 is 10.1 Å². The zero-order chi connectivity index (χ0) is 18.0. The Bertz CT molecular complexity index is 805. The van der Waals surface area contributed by atoms with Crippen molar-refractivity contribution in [1.82, 2.24) is 25.0 Å². The summed E-state index contributed by atoms with van der Waals surface area (Å²) in [6, 6.07) is 7.20. The molecule has 9 heteroatoms. The van der Waals surface area contributed by atoms with Crippen LogP contribution in [0.15, 0.2) is 35.7 Å². The molecule has 0 atom stereocenters. The molecule has 1 aromatic heterocycles. The van der Waals surface area contributed by atoms with E-state index in [0.717, 1.165) is 11.4 Å². The van der Waals surface area contributed by atoms with Gasteiger partial charge >= 0.3 is 6.03 Å². The summed E-state index contributed by atoms with van der Waals surface area (Å²) in [5.74, 6) is 1.05. The third-order valence-corrected chi connectivity index (χ3v) is 4.76. The van der Waals surface area contributed by atoms with E-state index in [1.165, 1.54) is 16.7 Å². The predicted octanol–water partition coefficient (Wildman–Crippen LogP) is 1.70. The van der Waals surface area contributed by atoms with Gasteiger partial charge in [-0.05, 0) is 26.0 Å². The van der Waals surface area contributed by atoms with Crippen molar-refractivity contribution in [3.63, 3.8) is 0 Å². The standard InChI is InChI=1S/C16H19N5O3S/c1-16(2)13(22)20(14(23)18-16)7-8-25-15-19-17-10-21(15)11-5-4-6-12(9-11)24-3/h4-6,9-10H,7-8H2,1-3H3,(H,18,23). The lowest BCUT2D eigenvalue weighted by atomic mass is 10.1. The Balaban J connectivity index is 1.66. The maximum Gasteiger partial charge on any atom is 0.325 e. The van der Waals surface area contributed by atoms with Crippen molar-refractivity contribution in [3.8, 4) is 11.4 Å². The van der Waals surface area contributed by atoms with Crippen LogP contribution in [0, 0.1) is 0 Å². The number of thioether (sulfide) groups is 1. The SMILES string of the molecule is COc1cccc(-n2cnnc2SCCN2C(=O)NC(C)(C)C2=O)c1. The van der Waals surface area contributed by atoms with E-state index >= 15 is 0 Å². The van der Waals surface area contributed by atoms with Gasteiger partial charge in [0.25, 0.3) is 5.91 Å². The molecule has 1 saturated heterocycles. The van der Waals surface area contributed by atoms with Crippen LogP contribution in [0.3, 0.4) is 0 Å². The summed E-state index contributed by atoms with van der Waals surface area (Å²) in [5, 5.41) is 11.4. The highest BCUT2D eigenvalue weighted by Gasteiger charge is 2.43. The zero-order valence-corrected chi connectivity index (χ0v) is 15.0. The van der Waals surface area contributed by atoms with Crippen LogP contribution in [0.25, 0.3) is 5.69 Å². The van der Waals surface area contributed by atoms with E-state index in [1.54, 1.807) is 27.3 Å². The number of hydrogen-bond acceptors (Lipinski definition) is 6. The fourth-order valence-electron chi connectivity index (χ4n) is 2.51. The first-order valence-corrected chi connectivity index (χ1v) is 8.72. The first kappa shape index (κ1) is 17.3. The number of aromatic nitrogens is 3. The Labute approximate surface area is 149 Å². The van der Waals surface area contributed by atoms with Gasteiger partial charge in [0, 0.05) is 18.4 Å². The highest BCUT2D eigenvalue weighted by molar-refractivity contribution is 7.99. The molecule has 132 valence electrons. The van der Waals surface area contributed by atoms with E-state index < -0.39 is 5.54 Å². The van der Waals surface area contributed by atoms with Crippen molar-refractivity contribution in [3.05, 3.63) is 30.6 Å². The highest BCUT2D eigenvalue weighted by Crippen LogP contribution is 2.23. The summed E-state index contributed by atoms with van der Waals surface area (Å²) in [7, 11) is 1.61. The van der Waals surface area contributed by atoms with E-state index in [0.29, 0.717) is 17.5 Å². The van der Waals surface area contributed by atoms with Crippen LogP contribution in [0.1, 0.15) is 13.8 Å². The number of nitrogens with one attached hydrogen (secondary N) is 1. The molecule has 1 aromatic carbocycles. The molecule has 2 heterocycles. The van der Waals surface area contributed by atoms with E-state index in [9.17, 15) is 9.59 Å². The third-order valence-electron chi connectivity index (χ3n) is 3.84. The van der Waals surface area contributed by atoms with Crippen LogP contribution < -0.4 is 10.1 Å². The van der Waals surface area contributed by atoms with E-state index in [1.807, 2.05) is 28.8 Å². The number of ether oxygens (including phenoxy) is 1. The molecule has 0 bridgehead atoms. The second-order valence-electron chi connectivity index (χ2n) is 6.05. The Kier molecular flexibility index (Phi) is 4.67. The molecule has 1 aliphatic rings. The van der Waals surface area contributed by atoms with Gasteiger partial charge in [0.05, 0.1) is 12.8 Å². The van der Waals surface area contributed by atoms with Gasteiger partial charge in [-0.1, -0.05) is 17.8 Å². The second kappa shape index (κ2) is 6.75. The smallest absolute Gasteiger partial charge is 0.325 e. The number of methoxy groups -OCH3 is 1. The molecule has 0 spiro atoms. The number of benzene rings is 1. The molecule has 2 aromatic rings. The van der Waals surface area contributed by atoms with Crippen molar-refractivity contribution in [2.45, 2.75) is 24.5 Å². The number of urea groups is 1. The molecule has 1 N–H and O–H groups in total. The van der Waals surface area contributed by atoms with Gasteiger partial charge in [0.2, 0.25) is 0 Å². The minimum atomic E-state index is -0.845. The lowest BCUT2D eigenvalue weighted by molar-refractivity contribution is -0.130. The zero-order valence-electron chi connectivity index (χ0n) is 14.2. The van der Waals surface area contributed by atoms with Gasteiger partial charge in [-0.2, -0.15) is 0 Å². The van der Waals surface area contributed by atoms with Crippen molar-refractivity contribution < 1.29 is 14.3 Å². The molecule has 3 amide bonds. The van der Waals surface area contributed by atoms with Crippen molar-refractivity contribution in [2.75, 3.05) is 19.4 Å². The minimum Gasteiger partial charge on any atom is -0.497 e. The number of rotatable bonds is 6. The van der Waals surface area contributed by atoms with Crippen LogP contribution in [0.4, 0.5) is 4.79 Å². The minimum absolute atomic E-state index is 0.215. The summed E-state index contributed by atoms with van der Waals surface area (Å²) in [4.78, 5) is 25.3. The molecular formula is C16H19N5O3S. The van der Waals surface area contributed by atoms with Gasteiger partial charge in [0.1, 0.15) is 17.6 Å². The van der Waals surface area contributed by atoms with Crippen LogP contribution in [0.5, 0.6) is 5.75 Å². The van der Waals surface area contributed by atoms with Crippen molar-refractivity contribution >= 4 is 23.7 Å². The van der Waals surface area contributed by atoms with Gasteiger partial charge in [-0.25, -0.2) is 4.79 Å². The molecule has 25 heavy (non-hydrogen) atoms. The van der Waals surface area contributed by atoms with Crippen LogP contribution in [-0.4, -0.2) is 56.5 Å². The molecular weight excluding hydrogens is 342 g/mol. The maximum absolute atomic E-state index is 12.2. The van der Waals surface area contributed by atoms with Gasteiger partial charge in [-0.15, -0.1) is 10.2 Å². The Morgan fingerprint density at radius 2 is 2.12 bits per heavy atom. The Hall–Kier alpha value is -2.55. The van der Waals surface area contributed by atoms with Gasteiger partial charge in [-0.3, -0.25) is 14.3 Å². The normalized spacial score (nSPS) is 16.2. The third kappa shape index (κ3) is 3.46. The summed E-state index contributed by atoms with van der Waals surface area (Å²) < 4.78 is 7.07. The molecule has 0 aliphatic carbocycles. The average molecular weight is 361 g/mol. The van der Waals surface area contributed by atoms with E-state index in [-0.39, 0.29) is 11.9 Å². The molecule has 1 fully saturated rings. The molecule has 0 unspecified atom stereocenters. The number of imide groups is 1. The topological polar surface area (TPSA) is 89.3 Å². The largest absolute Gasteiger partial charge is 0.497 e. The molecule has 1 aliphatic heterocycles. The number of hydrogen-bond donors (Lipinski definition) is 1. The highest BCUT2D eigenvalue weighted by atomic mass is 32.2. The van der Waals surface area contributed by atoms with Crippen molar-refractivity contribution in [1.29, 1.82) is 0 Å². The van der Waals surface area contributed by atoms with Crippen LogP contribution in [-0.2, 0) is 4.79 Å². The molecule has 3 rings (SSSR count). The number of nitrogens with zero attached hydrogens (tertiary/aromatic N) is 4. The summed E-state index contributed by atoms with van der Waals surface area (Å²) in [6.07, 6.45) is 1.62. The quantitative estimate of drug-likeness (QED) is 0.622. The fourth-order valence-corrected chi connectivity index (χ4v) is 3.36. The van der Waals surface area contributed by atoms with E-state index in [4.69, 9.17) is 4.74 Å². The lowest BCUT2D eigenvalue weighted by Crippen LogP contribution is -2.40. The molecule has 8 nitrogen and oxygen atoms in total. The van der Waals surface area contributed by atoms with Crippen LogP contribution in [0.2, 0.25) is 0 Å². The summed E-state index contributed by atoms with van der Waals surface area (Å²) >= 11 is 1.43. The number of carbonyl (C=O) groups is 2. The summed E-state index contributed by atoms with van der Waals surface area (Å²) in [6.45, 7) is 3.70. The number of amides is 3.